The van der Waals surface area contributed by atoms with E-state index in [1.165, 1.54) is 5.56 Å². The van der Waals surface area contributed by atoms with Gasteiger partial charge in [-0.05, 0) is 53.4 Å². The van der Waals surface area contributed by atoms with Gasteiger partial charge in [0.15, 0.2) is 0 Å². The lowest BCUT2D eigenvalue weighted by molar-refractivity contribution is 1.03. The second-order valence-corrected chi connectivity index (χ2v) is 5.00. The Balaban J connectivity index is 2.97. The lowest BCUT2D eigenvalue weighted by Crippen LogP contribution is -2.11. The van der Waals surface area contributed by atoms with Crippen molar-refractivity contribution < 1.29 is 0 Å². The molecule has 4 heteroatoms. The molecule has 17 heavy (non-hydrogen) atoms. The molecule has 0 fully saturated rings. The Morgan fingerprint density at radius 3 is 2.65 bits per heavy atom. The quantitative estimate of drug-likeness (QED) is 0.658. The van der Waals surface area contributed by atoms with Crippen molar-refractivity contribution in [3.05, 3.63) is 33.4 Å². The molecule has 0 saturated heterocycles. The standard InChI is InChI=1S/C13H16BrN3/c1-4-10-8(3)12(17-15)11-7(2)5-6-9(14)13(11)16-10/h5-6H,4,15H2,1-3H3,(H,16,17). The van der Waals surface area contributed by atoms with Crippen LogP contribution < -0.4 is 11.3 Å². The molecule has 0 aliphatic rings. The van der Waals surface area contributed by atoms with Crippen LogP contribution in [0.25, 0.3) is 10.9 Å². The third-order valence-corrected chi connectivity index (χ3v) is 3.76. The summed E-state index contributed by atoms with van der Waals surface area (Å²) in [4.78, 5) is 4.72. The van der Waals surface area contributed by atoms with Gasteiger partial charge in [-0.25, -0.2) is 0 Å². The molecule has 0 aliphatic carbocycles. The van der Waals surface area contributed by atoms with Crippen molar-refractivity contribution in [3.8, 4) is 0 Å². The number of pyridine rings is 1. The Kier molecular flexibility index (Phi) is 3.35. The van der Waals surface area contributed by atoms with E-state index in [0.29, 0.717) is 0 Å². The highest BCUT2D eigenvalue weighted by atomic mass is 79.9. The highest BCUT2D eigenvalue weighted by Crippen LogP contribution is 2.34. The van der Waals surface area contributed by atoms with Gasteiger partial charge >= 0.3 is 0 Å². The highest BCUT2D eigenvalue weighted by molar-refractivity contribution is 9.10. The number of nitrogen functional groups attached to an aromatic ring is 1. The predicted octanol–water partition coefficient (Wildman–Crippen LogP) is 3.46. The number of rotatable bonds is 2. The molecule has 0 radical (unpaired) electrons. The third-order valence-electron chi connectivity index (χ3n) is 3.12. The molecular formula is C13H16BrN3. The van der Waals surface area contributed by atoms with Crippen molar-refractivity contribution in [1.82, 2.24) is 4.98 Å². The first kappa shape index (κ1) is 12.3. The van der Waals surface area contributed by atoms with Gasteiger partial charge < -0.3 is 5.43 Å². The number of nitrogens with zero attached hydrogens (tertiary/aromatic N) is 1. The number of halogens is 1. The molecule has 0 saturated carbocycles. The van der Waals surface area contributed by atoms with E-state index in [2.05, 4.69) is 48.2 Å². The molecule has 1 aromatic heterocycles. The van der Waals surface area contributed by atoms with Crippen LogP contribution in [0.2, 0.25) is 0 Å². The van der Waals surface area contributed by atoms with Crippen LogP contribution in [0.4, 0.5) is 5.69 Å². The van der Waals surface area contributed by atoms with Crippen LogP contribution in [0.3, 0.4) is 0 Å². The summed E-state index contributed by atoms with van der Waals surface area (Å²) in [5, 5.41) is 1.09. The van der Waals surface area contributed by atoms with Crippen molar-refractivity contribution in [2.24, 2.45) is 5.84 Å². The molecule has 3 nitrogen and oxygen atoms in total. The minimum atomic E-state index is 0.900. The van der Waals surface area contributed by atoms with Crippen molar-refractivity contribution in [3.63, 3.8) is 0 Å². The Hall–Kier alpha value is -1.13. The molecule has 0 unspecified atom stereocenters. The van der Waals surface area contributed by atoms with E-state index >= 15 is 0 Å². The van der Waals surface area contributed by atoms with Crippen LogP contribution in [0, 0.1) is 13.8 Å². The van der Waals surface area contributed by atoms with Gasteiger partial charge in [0.1, 0.15) is 0 Å². The van der Waals surface area contributed by atoms with E-state index in [1.807, 2.05) is 6.07 Å². The maximum Gasteiger partial charge on any atom is 0.0871 e. The molecule has 0 spiro atoms. The largest absolute Gasteiger partial charge is 0.323 e. The lowest BCUT2D eigenvalue weighted by Gasteiger charge is -2.15. The molecule has 0 aliphatic heterocycles. The van der Waals surface area contributed by atoms with Crippen molar-refractivity contribution in [2.75, 3.05) is 5.43 Å². The first-order chi connectivity index (χ1) is 8.10. The summed E-state index contributed by atoms with van der Waals surface area (Å²) in [7, 11) is 0. The monoisotopic (exact) mass is 293 g/mol. The minimum absolute atomic E-state index is 0.900. The number of benzene rings is 1. The van der Waals surface area contributed by atoms with Gasteiger partial charge in [0.05, 0.1) is 11.2 Å². The van der Waals surface area contributed by atoms with Gasteiger partial charge in [0.25, 0.3) is 0 Å². The third kappa shape index (κ3) is 1.91. The number of aryl methyl sites for hydroxylation is 2. The Morgan fingerprint density at radius 2 is 2.06 bits per heavy atom. The Bertz CT molecular complexity index is 579. The molecule has 0 bridgehead atoms. The van der Waals surface area contributed by atoms with Crippen LogP contribution in [0.5, 0.6) is 0 Å². The smallest absolute Gasteiger partial charge is 0.0871 e. The zero-order valence-electron chi connectivity index (χ0n) is 10.3. The van der Waals surface area contributed by atoms with Crippen LogP contribution in [0.15, 0.2) is 16.6 Å². The van der Waals surface area contributed by atoms with Crippen LogP contribution in [-0.2, 0) is 6.42 Å². The number of hydrogen-bond donors (Lipinski definition) is 2. The number of aromatic nitrogens is 1. The molecule has 1 aromatic carbocycles. The summed E-state index contributed by atoms with van der Waals surface area (Å²) in [5.74, 6) is 5.67. The molecule has 0 amide bonds. The predicted molar refractivity (Wildman–Crippen MR) is 76.1 cm³/mol. The Morgan fingerprint density at radius 1 is 1.35 bits per heavy atom. The summed E-state index contributed by atoms with van der Waals surface area (Å²) >= 11 is 3.55. The van der Waals surface area contributed by atoms with Crippen molar-refractivity contribution in [2.45, 2.75) is 27.2 Å². The van der Waals surface area contributed by atoms with Crippen LogP contribution in [-0.4, -0.2) is 4.98 Å². The van der Waals surface area contributed by atoms with E-state index in [4.69, 9.17) is 10.8 Å². The Labute approximate surface area is 110 Å². The highest BCUT2D eigenvalue weighted by Gasteiger charge is 2.13. The summed E-state index contributed by atoms with van der Waals surface area (Å²) < 4.78 is 1.00. The van der Waals surface area contributed by atoms with Gasteiger partial charge in [0.2, 0.25) is 0 Å². The fraction of sp³-hybridized carbons (Fsp3) is 0.308. The summed E-state index contributed by atoms with van der Waals surface area (Å²) in [5.41, 5.74) is 8.15. The van der Waals surface area contributed by atoms with Crippen LogP contribution >= 0.6 is 15.9 Å². The second-order valence-electron chi connectivity index (χ2n) is 4.14. The van der Waals surface area contributed by atoms with Gasteiger partial charge in [-0.3, -0.25) is 10.8 Å². The molecule has 2 rings (SSSR count). The molecule has 0 atom stereocenters. The molecular weight excluding hydrogens is 278 g/mol. The van der Waals surface area contributed by atoms with E-state index in [9.17, 15) is 0 Å². The maximum atomic E-state index is 5.67. The zero-order valence-corrected chi connectivity index (χ0v) is 11.9. The number of hydrazine groups is 1. The van der Waals surface area contributed by atoms with Crippen molar-refractivity contribution in [1.29, 1.82) is 0 Å². The van der Waals surface area contributed by atoms with Gasteiger partial charge in [-0.1, -0.05) is 13.0 Å². The summed E-state index contributed by atoms with van der Waals surface area (Å²) in [6, 6.07) is 4.10. The summed E-state index contributed by atoms with van der Waals surface area (Å²) in [6.45, 7) is 6.23. The van der Waals surface area contributed by atoms with Crippen LogP contribution in [0.1, 0.15) is 23.7 Å². The average Bonchev–Trinajstić information content (AvgIpc) is 2.33. The first-order valence-electron chi connectivity index (χ1n) is 5.65. The molecule has 90 valence electrons. The average molecular weight is 294 g/mol. The fourth-order valence-electron chi connectivity index (χ4n) is 2.17. The summed E-state index contributed by atoms with van der Waals surface area (Å²) in [6.07, 6.45) is 0.900. The fourth-order valence-corrected chi connectivity index (χ4v) is 2.59. The minimum Gasteiger partial charge on any atom is -0.323 e. The zero-order chi connectivity index (χ0) is 12.6. The van der Waals surface area contributed by atoms with Gasteiger partial charge in [-0.15, -0.1) is 0 Å². The van der Waals surface area contributed by atoms with E-state index in [0.717, 1.165) is 38.7 Å². The lowest BCUT2D eigenvalue weighted by atomic mass is 10.0. The number of nitrogens with two attached hydrogens (primary N) is 1. The number of hydrogen-bond acceptors (Lipinski definition) is 3. The molecule has 3 N–H and O–H groups in total. The maximum absolute atomic E-state index is 5.67. The SMILES string of the molecule is CCc1nc2c(Br)ccc(C)c2c(NN)c1C. The van der Waals surface area contributed by atoms with Gasteiger partial charge in [-0.2, -0.15) is 0 Å². The van der Waals surface area contributed by atoms with Crippen molar-refractivity contribution >= 4 is 32.5 Å². The van der Waals surface area contributed by atoms with E-state index in [-0.39, 0.29) is 0 Å². The topological polar surface area (TPSA) is 50.9 Å². The number of fused-ring (bicyclic) bond motifs is 1. The number of anilines is 1. The molecule has 1 heterocycles. The van der Waals surface area contributed by atoms with Gasteiger partial charge in [0, 0.05) is 15.6 Å². The van der Waals surface area contributed by atoms with E-state index < -0.39 is 0 Å². The molecule has 2 aromatic rings. The number of nitrogens with one attached hydrogen (secondary N) is 1. The normalized spacial score (nSPS) is 10.9. The second kappa shape index (κ2) is 4.63. The van der Waals surface area contributed by atoms with E-state index in [1.54, 1.807) is 0 Å². The first-order valence-corrected chi connectivity index (χ1v) is 6.44.